The van der Waals surface area contributed by atoms with E-state index in [2.05, 4.69) is 0 Å². The lowest BCUT2D eigenvalue weighted by molar-refractivity contribution is -0.144. The first-order valence-corrected chi connectivity index (χ1v) is 7.28. The molecule has 2 aromatic rings. The van der Waals surface area contributed by atoms with Crippen LogP contribution < -0.4 is 0 Å². The lowest BCUT2D eigenvalue weighted by Crippen LogP contribution is -2.23. The molecule has 0 heterocycles. The molecule has 0 aliphatic carbocycles. The molecule has 0 amide bonds. The van der Waals surface area contributed by atoms with E-state index >= 15 is 0 Å². The van der Waals surface area contributed by atoms with Crippen LogP contribution >= 0.6 is 0 Å². The molecule has 0 saturated carbocycles. The number of esters is 1. The van der Waals surface area contributed by atoms with Crippen LogP contribution in [0.5, 0.6) is 0 Å². The Kier molecular flexibility index (Phi) is 5.92. The SMILES string of the molecule is CN(C)CC(OC(=O)/C=C/c1ccccc1)c1ccccc1. The molecule has 114 valence electrons. The van der Waals surface area contributed by atoms with Crippen molar-refractivity contribution >= 4 is 12.0 Å². The second kappa shape index (κ2) is 8.15. The number of nitrogens with zero attached hydrogens (tertiary/aromatic N) is 1. The van der Waals surface area contributed by atoms with Gasteiger partial charge in [-0.1, -0.05) is 60.7 Å². The molecular formula is C19H21NO2. The number of hydrogen-bond donors (Lipinski definition) is 0. The zero-order valence-electron chi connectivity index (χ0n) is 13.0. The highest BCUT2D eigenvalue weighted by Crippen LogP contribution is 2.18. The maximum atomic E-state index is 12.1. The molecule has 0 saturated heterocycles. The van der Waals surface area contributed by atoms with Gasteiger partial charge in [0.05, 0.1) is 0 Å². The maximum absolute atomic E-state index is 12.1. The minimum atomic E-state index is -0.334. The van der Waals surface area contributed by atoms with Gasteiger partial charge in [-0.2, -0.15) is 0 Å². The van der Waals surface area contributed by atoms with Crippen molar-refractivity contribution in [2.75, 3.05) is 20.6 Å². The van der Waals surface area contributed by atoms with Gasteiger partial charge in [0, 0.05) is 12.6 Å². The molecule has 0 aliphatic heterocycles. The predicted molar refractivity (Wildman–Crippen MR) is 89.3 cm³/mol. The summed E-state index contributed by atoms with van der Waals surface area (Å²) in [6, 6.07) is 19.5. The lowest BCUT2D eigenvalue weighted by atomic mass is 10.1. The van der Waals surface area contributed by atoms with Gasteiger partial charge in [0.2, 0.25) is 0 Å². The Morgan fingerprint density at radius 3 is 2.23 bits per heavy atom. The highest BCUT2D eigenvalue weighted by molar-refractivity contribution is 5.87. The standard InChI is InChI=1S/C19H21NO2/c1-20(2)15-18(17-11-7-4-8-12-17)22-19(21)14-13-16-9-5-3-6-10-16/h3-14,18H,15H2,1-2H3/b14-13+. The van der Waals surface area contributed by atoms with Crippen molar-refractivity contribution in [2.45, 2.75) is 6.10 Å². The van der Waals surface area contributed by atoms with Crippen LogP contribution in [-0.4, -0.2) is 31.5 Å². The quantitative estimate of drug-likeness (QED) is 0.603. The molecule has 0 spiro atoms. The van der Waals surface area contributed by atoms with Crippen LogP contribution in [0.2, 0.25) is 0 Å². The number of carbonyl (C=O) groups excluding carboxylic acids is 1. The minimum absolute atomic E-state index is 0.274. The Morgan fingerprint density at radius 2 is 1.64 bits per heavy atom. The molecule has 0 aliphatic rings. The van der Waals surface area contributed by atoms with E-state index in [0.29, 0.717) is 6.54 Å². The predicted octanol–water partition coefficient (Wildman–Crippen LogP) is 3.55. The van der Waals surface area contributed by atoms with Crippen LogP contribution in [-0.2, 0) is 9.53 Å². The normalized spacial score (nSPS) is 12.5. The summed E-state index contributed by atoms with van der Waals surface area (Å²) in [7, 11) is 3.92. The molecule has 0 aromatic heterocycles. The number of hydrogen-bond acceptors (Lipinski definition) is 3. The largest absolute Gasteiger partial charge is 0.453 e. The third-order valence-corrected chi connectivity index (χ3v) is 3.17. The summed E-state index contributed by atoms with van der Waals surface area (Å²) in [5, 5.41) is 0. The van der Waals surface area contributed by atoms with Gasteiger partial charge in [-0.25, -0.2) is 4.79 Å². The molecule has 1 atom stereocenters. The molecule has 0 bridgehead atoms. The molecule has 0 fully saturated rings. The van der Waals surface area contributed by atoms with Crippen molar-refractivity contribution in [2.24, 2.45) is 0 Å². The highest BCUT2D eigenvalue weighted by Gasteiger charge is 2.16. The fourth-order valence-electron chi connectivity index (χ4n) is 2.12. The fraction of sp³-hybridized carbons (Fsp3) is 0.211. The van der Waals surface area contributed by atoms with E-state index in [4.69, 9.17) is 4.74 Å². The zero-order chi connectivity index (χ0) is 15.8. The minimum Gasteiger partial charge on any atom is -0.453 e. The summed E-state index contributed by atoms with van der Waals surface area (Å²) < 4.78 is 5.60. The smallest absolute Gasteiger partial charge is 0.331 e. The van der Waals surface area contributed by atoms with Crippen LogP contribution in [0.3, 0.4) is 0 Å². The van der Waals surface area contributed by atoms with Gasteiger partial charge in [0.25, 0.3) is 0 Å². The first-order chi connectivity index (χ1) is 10.6. The van der Waals surface area contributed by atoms with Crippen molar-refractivity contribution in [3.8, 4) is 0 Å². The summed E-state index contributed by atoms with van der Waals surface area (Å²) in [6.45, 7) is 0.648. The second-order valence-corrected chi connectivity index (χ2v) is 5.34. The first-order valence-electron chi connectivity index (χ1n) is 7.28. The van der Waals surface area contributed by atoms with Gasteiger partial charge < -0.3 is 9.64 Å². The van der Waals surface area contributed by atoms with E-state index in [9.17, 15) is 4.79 Å². The summed E-state index contributed by atoms with van der Waals surface area (Å²) in [4.78, 5) is 14.1. The van der Waals surface area contributed by atoms with Crippen LogP contribution in [0.4, 0.5) is 0 Å². The highest BCUT2D eigenvalue weighted by atomic mass is 16.5. The Bertz CT molecular complexity index is 606. The van der Waals surface area contributed by atoms with E-state index in [1.165, 1.54) is 6.08 Å². The number of carbonyl (C=O) groups is 1. The van der Waals surface area contributed by atoms with Gasteiger partial charge in [-0.05, 0) is 31.3 Å². The van der Waals surface area contributed by atoms with Gasteiger partial charge in [-0.15, -0.1) is 0 Å². The first kappa shape index (κ1) is 16.0. The number of ether oxygens (including phenoxy) is 1. The van der Waals surface area contributed by atoms with E-state index in [1.807, 2.05) is 79.7 Å². The Balaban J connectivity index is 2.04. The monoisotopic (exact) mass is 295 g/mol. The number of likely N-dealkylation sites (N-methyl/N-ethyl adjacent to an activating group) is 1. The molecule has 3 nitrogen and oxygen atoms in total. The van der Waals surface area contributed by atoms with Crippen molar-refractivity contribution in [1.29, 1.82) is 0 Å². The molecule has 2 rings (SSSR count). The van der Waals surface area contributed by atoms with E-state index in [-0.39, 0.29) is 12.1 Å². The molecule has 0 N–H and O–H groups in total. The molecule has 0 radical (unpaired) electrons. The van der Waals surface area contributed by atoms with Gasteiger partial charge >= 0.3 is 5.97 Å². The van der Waals surface area contributed by atoms with Gasteiger partial charge in [-0.3, -0.25) is 0 Å². The molecular weight excluding hydrogens is 274 g/mol. The second-order valence-electron chi connectivity index (χ2n) is 5.34. The fourth-order valence-corrected chi connectivity index (χ4v) is 2.12. The summed E-state index contributed by atoms with van der Waals surface area (Å²) in [5.41, 5.74) is 1.97. The average Bonchev–Trinajstić information content (AvgIpc) is 2.54. The summed E-state index contributed by atoms with van der Waals surface area (Å²) >= 11 is 0. The van der Waals surface area contributed by atoms with Crippen LogP contribution in [0.15, 0.2) is 66.7 Å². The Labute approximate surface area is 131 Å². The number of benzene rings is 2. The molecule has 1 unspecified atom stereocenters. The number of rotatable bonds is 6. The van der Waals surface area contributed by atoms with Gasteiger partial charge in [0.15, 0.2) is 0 Å². The lowest BCUT2D eigenvalue weighted by Gasteiger charge is -2.21. The van der Waals surface area contributed by atoms with Crippen LogP contribution in [0.1, 0.15) is 17.2 Å². The average molecular weight is 295 g/mol. The zero-order valence-corrected chi connectivity index (χ0v) is 13.0. The summed E-state index contributed by atoms with van der Waals surface area (Å²) in [5.74, 6) is -0.334. The van der Waals surface area contributed by atoms with Crippen molar-refractivity contribution in [1.82, 2.24) is 4.90 Å². The third kappa shape index (κ3) is 5.19. The van der Waals surface area contributed by atoms with Crippen LogP contribution in [0, 0.1) is 0 Å². The molecule has 3 heteroatoms. The van der Waals surface area contributed by atoms with E-state index in [1.54, 1.807) is 6.08 Å². The third-order valence-electron chi connectivity index (χ3n) is 3.17. The van der Waals surface area contributed by atoms with E-state index in [0.717, 1.165) is 11.1 Å². The van der Waals surface area contributed by atoms with Crippen LogP contribution in [0.25, 0.3) is 6.08 Å². The molecule has 2 aromatic carbocycles. The van der Waals surface area contributed by atoms with Crippen molar-refractivity contribution in [3.63, 3.8) is 0 Å². The molecule has 22 heavy (non-hydrogen) atoms. The Morgan fingerprint density at radius 1 is 1.05 bits per heavy atom. The Hall–Kier alpha value is -2.39. The summed E-state index contributed by atoms with van der Waals surface area (Å²) in [6.07, 6.45) is 2.96. The maximum Gasteiger partial charge on any atom is 0.331 e. The van der Waals surface area contributed by atoms with Gasteiger partial charge in [0.1, 0.15) is 6.10 Å². The van der Waals surface area contributed by atoms with Crippen molar-refractivity contribution < 1.29 is 9.53 Å². The topological polar surface area (TPSA) is 29.5 Å². The van der Waals surface area contributed by atoms with E-state index < -0.39 is 0 Å². The van der Waals surface area contributed by atoms with Crippen molar-refractivity contribution in [3.05, 3.63) is 77.9 Å².